The minimum Gasteiger partial charge on any atom is -0.396 e. The van der Waals surface area contributed by atoms with Gasteiger partial charge in [0, 0.05) is 22.2 Å². The maximum atomic E-state index is 12.1. The van der Waals surface area contributed by atoms with Crippen LogP contribution >= 0.6 is 0 Å². The minimum atomic E-state index is -1.68. The van der Waals surface area contributed by atoms with Crippen LogP contribution in [0.25, 0.3) is 0 Å². The summed E-state index contributed by atoms with van der Waals surface area (Å²) >= 11 is 0. The number of allylic oxidation sites excluding steroid dienone is 1. The van der Waals surface area contributed by atoms with E-state index in [0.717, 1.165) is 38.5 Å². The van der Waals surface area contributed by atoms with E-state index >= 15 is 0 Å². The van der Waals surface area contributed by atoms with Crippen LogP contribution in [0.3, 0.4) is 0 Å². The molecule has 13 nitrogen and oxygen atoms in total. The van der Waals surface area contributed by atoms with Crippen LogP contribution in [0.15, 0.2) is 12.2 Å². The van der Waals surface area contributed by atoms with Gasteiger partial charge in [0.2, 0.25) is 0 Å². The number of aliphatic hydroxyl groups is 8. The number of ether oxygens (including phenoxy) is 5. The summed E-state index contributed by atoms with van der Waals surface area (Å²) in [5.41, 5.74) is -1.84. The fourth-order valence-electron chi connectivity index (χ4n) is 14.3. The maximum Gasteiger partial charge on any atom is 0.187 e. The third-order valence-electron chi connectivity index (χ3n) is 17.9. The Kier molecular flexibility index (Phi) is 9.95. The van der Waals surface area contributed by atoms with Crippen LogP contribution in [0.4, 0.5) is 0 Å². The van der Waals surface area contributed by atoms with Crippen LogP contribution < -0.4 is 0 Å². The van der Waals surface area contributed by atoms with E-state index in [2.05, 4.69) is 53.7 Å². The van der Waals surface area contributed by atoms with Gasteiger partial charge in [-0.15, -0.1) is 0 Å². The fourth-order valence-corrected chi connectivity index (χ4v) is 14.3. The minimum absolute atomic E-state index is 0.0557. The van der Waals surface area contributed by atoms with Crippen molar-refractivity contribution in [2.24, 2.45) is 50.2 Å². The summed E-state index contributed by atoms with van der Waals surface area (Å²) in [5.74, 6) is 0.478. The summed E-state index contributed by atoms with van der Waals surface area (Å²) in [7, 11) is 0. The van der Waals surface area contributed by atoms with E-state index in [9.17, 15) is 40.9 Å². The van der Waals surface area contributed by atoms with Gasteiger partial charge in [-0.2, -0.15) is 0 Å². The van der Waals surface area contributed by atoms with Crippen LogP contribution in [-0.2, 0) is 23.7 Å². The lowest BCUT2D eigenvalue weighted by Crippen LogP contribution is -2.72. The molecular weight excluding hydrogens is 712 g/mol. The third-order valence-corrected chi connectivity index (χ3v) is 17.9. The van der Waals surface area contributed by atoms with Crippen LogP contribution in [0.1, 0.15) is 99.8 Å². The lowest BCUT2D eigenvalue weighted by molar-refractivity contribution is -0.365. The number of hydrogen-bond acceptors (Lipinski definition) is 13. The predicted octanol–water partition coefficient (Wildman–Crippen LogP) is 1.78. The zero-order valence-electron chi connectivity index (χ0n) is 33.7. The molecule has 55 heavy (non-hydrogen) atoms. The average Bonchev–Trinajstić information content (AvgIpc) is 3.41. The van der Waals surface area contributed by atoms with Crippen LogP contribution in [0.5, 0.6) is 0 Å². The van der Waals surface area contributed by atoms with Crippen molar-refractivity contribution >= 4 is 0 Å². The highest BCUT2D eigenvalue weighted by Gasteiger charge is 2.79. The molecule has 3 saturated heterocycles. The van der Waals surface area contributed by atoms with Gasteiger partial charge < -0.3 is 64.5 Å². The number of hydrogen-bond donors (Lipinski definition) is 8. The first-order valence-electron chi connectivity index (χ1n) is 20.9. The standard InChI is InChI=1S/C42H68O13/c1-21-33(55-35-31(49)29(47)28(46)22(18-43)53-35)30(48)32(50)34(52-21)54-27-10-11-37(4)23(38(27,5)19-44)8-12-39(6)24(37)9-13-42-25-16-36(2,3)14-15-41(25,20-51-42)26(45)17-40(39,42)7/h9,13,21-35,43-50H,8,10-12,14-20H2,1-7H3. The van der Waals surface area contributed by atoms with Crippen molar-refractivity contribution < 1.29 is 64.5 Å². The van der Waals surface area contributed by atoms with E-state index < -0.39 is 91.2 Å². The van der Waals surface area contributed by atoms with Crippen molar-refractivity contribution in [3.8, 4) is 0 Å². The fraction of sp³-hybridized carbons (Fsp3) is 0.952. The summed E-state index contributed by atoms with van der Waals surface area (Å²) in [6, 6.07) is 0. The van der Waals surface area contributed by atoms with Crippen LogP contribution in [-0.4, -0.2) is 140 Å². The van der Waals surface area contributed by atoms with Gasteiger partial charge in [-0.3, -0.25) is 0 Å². The zero-order chi connectivity index (χ0) is 39.9. The second-order valence-electron chi connectivity index (χ2n) is 21.0. The molecule has 0 aromatic rings. The topological polar surface area (TPSA) is 208 Å². The highest BCUT2D eigenvalue weighted by Crippen LogP contribution is 2.79. The van der Waals surface area contributed by atoms with Gasteiger partial charge in [-0.25, -0.2) is 0 Å². The van der Waals surface area contributed by atoms with Crippen LogP contribution in [0.2, 0.25) is 0 Å². The Balaban J connectivity index is 1.02. The molecule has 8 aliphatic rings. The summed E-state index contributed by atoms with van der Waals surface area (Å²) in [4.78, 5) is 0. The summed E-state index contributed by atoms with van der Waals surface area (Å²) in [6.45, 7) is 15.5. The quantitative estimate of drug-likeness (QED) is 0.143. The van der Waals surface area contributed by atoms with E-state index in [1.807, 2.05) is 0 Å². The van der Waals surface area contributed by atoms with Gasteiger partial charge in [0.05, 0.1) is 43.7 Å². The van der Waals surface area contributed by atoms with Gasteiger partial charge in [0.25, 0.3) is 0 Å². The van der Waals surface area contributed by atoms with Gasteiger partial charge in [-0.05, 0) is 86.4 Å². The first-order chi connectivity index (χ1) is 25.7. The maximum absolute atomic E-state index is 12.1. The molecule has 7 fully saturated rings. The van der Waals surface area contributed by atoms with Crippen molar-refractivity contribution in [2.75, 3.05) is 19.8 Å². The van der Waals surface area contributed by atoms with E-state index in [1.54, 1.807) is 6.92 Å². The Morgan fingerprint density at radius 1 is 0.727 bits per heavy atom. The molecule has 8 N–H and O–H groups in total. The van der Waals surface area contributed by atoms with Crippen molar-refractivity contribution in [1.29, 1.82) is 0 Å². The Labute approximate surface area is 325 Å². The first kappa shape index (κ1) is 41.0. The van der Waals surface area contributed by atoms with Crippen molar-refractivity contribution in [3.63, 3.8) is 0 Å². The molecule has 314 valence electrons. The van der Waals surface area contributed by atoms with Crippen LogP contribution in [0, 0.1) is 50.2 Å². The molecule has 2 bridgehead atoms. The molecule has 4 saturated carbocycles. The molecule has 1 spiro atoms. The van der Waals surface area contributed by atoms with Gasteiger partial charge in [-0.1, -0.05) is 53.7 Å². The summed E-state index contributed by atoms with van der Waals surface area (Å²) < 4.78 is 31.2. The van der Waals surface area contributed by atoms with Crippen molar-refractivity contribution in [3.05, 3.63) is 12.2 Å². The monoisotopic (exact) mass is 780 g/mol. The highest BCUT2D eigenvalue weighted by molar-refractivity contribution is 5.36. The predicted molar refractivity (Wildman–Crippen MR) is 197 cm³/mol. The Morgan fingerprint density at radius 2 is 1.42 bits per heavy atom. The normalized spacial score (nSPS) is 59.7. The molecule has 0 aromatic heterocycles. The lowest BCUT2D eigenvalue weighted by Gasteiger charge is -2.73. The number of rotatable bonds is 6. The van der Waals surface area contributed by atoms with Crippen molar-refractivity contribution in [1.82, 2.24) is 0 Å². The zero-order valence-corrected chi connectivity index (χ0v) is 33.7. The second-order valence-corrected chi connectivity index (χ2v) is 21.0. The van der Waals surface area contributed by atoms with E-state index in [-0.39, 0.29) is 51.4 Å². The lowest BCUT2D eigenvalue weighted by atomic mass is 9.32. The summed E-state index contributed by atoms with van der Waals surface area (Å²) in [5, 5.41) is 86.6. The van der Waals surface area contributed by atoms with E-state index in [1.165, 1.54) is 0 Å². The second kappa shape index (κ2) is 13.4. The molecule has 5 aliphatic carbocycles. The molecule has 3 aliphatic heterocycles. The highest BCUT2D eigenvalue weighted by atomic mass is 16.7. The van der Waals surface area contributed by atoms with Gasteiger partial charge in [0.1, 0.15) is 42.7 Å². The molecule has 0 radical (unpaired) electrons. The summed E-state index contributed by atoms with van der Waals surface area (Å²) in [6.07, 6.45) is -3.11. The SMILES string of the molecule is CC1OC(OC2CCC3(C)C(CCC4(C)C3C=CC35OCC6(CCC(C)(C)CC63)C(O)CC45C)C2(C)CO)C(O)C(O)C1OC1OC(CO)C(O)C(O)C1O. The molecule has 0 amide bonds. The molecule has 0 aromatic carbocycles. The Morgan fingerprint density at radius 3 is 2.11 bits per heavy atom. The number of fused-ring (bicyclic) bond motifs is 4. The number of aliphatic hydroxyl groups excluding tert-OH is 8. The van der Waals surface area contributed by atoms with E-state index in [0.29, 0.717) is 19.4 Å². The molecule has 3 heterocycles. The molecule has 13 heteroatoms. The van der Waals surface area contributed by atoms with Crippen molar-refractivity contribution in [2.45, 2.75) is 179 Å². The van der Waals surface area contributed by atoms with Gasteiger partial charge >= 0.3 is 0 Å². The smallest absolute Gasteiger partial charge is 0.187 e. The van der Waals surface area contributed by atoms with Gasteiger partial charge in [0.15, 0.2) is 12.6 Å². The largest absolute Gasteiger partial charge is 0.396 e. The Hall–Kier alpha value is -0.780. The van der Waals surface area contributed by atoms with E-state index in [4.69, 9.17) is 23.7 Å². The average molecular weight is 781 g/mol. The Bertz CT molecular complexity index is 1490. The molecule has 21 atom stereocenters. The first-order valence-corrected chi connectivity index (χ1v) is 20.9. The molecule has 21 unspecified atom stereocenters. The third kappa shape index (κ3) is 5.44. The molecule has 8 rings (SSSR count). The molecular formula is C42H68O13.